The smallest absolute Gasteiger partial charge is 0.0474 e. The summed E-state index contributed by atoms with van der Waals surface area (Å²) in [6, 6.07) is 13.1. The molecule has 0 aromatic heterocycles. The maximum atomic E-state index is 5.81. The molecule has 0 aromatic carbocycles. The lowest BCUT2D eigenvalue weighted by Crippen LogP contribution is -1.81. The average Bonchev–Trinajstić information content (AvgIpc) is 2.51. The third-order valence-corrected chi connectivity index (χ3v) is 3.06. The molecule has 0 N–H and O–H groups in total. The molecule has 78 valence electrons. The minimum atomic E-state index is 0.578. The number of hydrogen-bond donors (Lipinski definition) is 0. The van der Waals surface area contributed by atoms with Gasteiger partial charge in [-0.2, -0.15) is 0 Å². The first-order valence-electron chi connectivity index (χ1n) is 5.29. The summed E-state index contributed by atoms with van der Waals surface area (Å²) >= 11 is 5.81. The zero-order valence-corrected chi connectivity index (χ0v) is 9.88. The van der Waals surface area contributed by atoms with Gasteiger partial charge >= 0.3 is 0 Å². The van der Waals surface area contributed by atoms with E-state index in [1.165, 1.54) is 22.3 Å². The number of halogens is 1. The van der Waals surface area contributed by atoms with E-state index < -0.39 is 0 Å². The fourth-order valence-electron chi connectivity index (χ4n) is 1.79. The van der Waals surface area contributed by atoms with Crippen LogP contribution in [0.5, 0.6) is 0 Å². The Labute approximate surface area is 96.2 Å². The van der Waals surface area contributed by atoms with Crippen LogP contribution in [0.15, 0.2) is 36.4 Å². The van der Waals surface area contributed by atoms with Gasteiger partial charge in [0.25, 0.3) is 0 Å². The van der Waals surface area contributed by atoms with E-state index in [2.05, 4.69) is 50.2 Å². The summed E-state index contributed by atoms with van der Waals surface area (Å²) < 4.78 is 0. The molecule has 0 aromatic rings. The van der Waals surface area contributed by atoms with Crippen molar-refractivity contribution in [3.8, 4) is 11.1 Å². The number of alkyl halides is 1. The summed E-state index contributed by atoms with van der Waals surface area (Å²) in [5.41, 5.74) is 5.12. The highest BCUT2D eigenvalue weighted by Gasteiger charge is 2.05. The van der Waals surface area contributed by atoms with Gasteiger partial charge in [-0.3, -0.25) is 0 Å². The number of rotatable bonds is 2. The van der Waals surface area contributed by atoms with Crippen molar-refractivity contribution in [2.75, 3.05) is 0 Å². The Bertz CT molecular complexity index is 398. The minimum Gasteiger partial charge on any atom is -0.122 e. The summed E-state index contributed by atoms with van der Waals surface area (Å²) in [7, 11) is 0. The second-order valence-electron chi connectivity index (χ2n) is 4.23. The predicted octanol–water partition coefficient (Wildman–Crippen LogP) is 4.65. The fraction of sp³-hybridized carbons (Fsp3) is 0.286. The van der Waals surface area contributed by atoms with Crippen LogP contribution in [0.4, 0.5) is 0 Å². The Balaban J connectivity index is 2.50. The molecule has 0 radical (unpaired) electrons. The monoisotopic (exact) mass is 218 g/mol. The van der Waals surface area contributed by atoms with Crippen LogP contribution < -0.4 is 0 Å². The van der Waals surface area contributed by atoms with Crippen LogP contribution in [0, 0.1) is 0 Å². The molecule has 1 heteroatoms. The SMILES string of the molecule is CC(C)c1ccc2cc(CCl)cc-2cc1. The molecule has 15 heavy (non-hydrogen) atoms. The molecule has 0 atom stereocenters. The first-order chi connectivity index (χ1) is 7.20. The van der Waals surface area contributed by atoms with E-state index in [0.717, 1.165) is 0 Å². The van der Waals surface area contributed by atoms with Crippen molar-refractivity contribution in [2.45, 2.75) is 25.6 Å². The van der Waals surface area contributed by atoms with Crippen molar-refractivity contribution in [1.29, 1.82) is 0 Å². The second-order valence-corrected chi connectivity index (χ2v) is 4.50. The van der Waals surface area contributed by atoms with Gasteiger partial charge in [0.1, 0.15) is 0 Å². The molecule has 2 aliphatic carbocycles. The molecule has 2 aliphatic rings. The molecule has 0 saturated carbocycles. The summed E-state index contributed by atoms with van der Waals surface area (Å²) in [6.45, 7) is 4.42. The second kappa shape index (κ2) is 4.24. The van der Waals surface area contributed by atoms with Gasteiger partial charge in [-0.15, -0.1) is 11.6 Å². The Morgan fingerprint density at radius 2 is 1.53 bits per heavy atom. The van der Waals surface area contributed by atoms with E-state index >= 15 is 0 Å². The van der Waals surface area contributed by atoms with Gasteiger partial charge < -0.3 is 0 Å². The van der Waals surface area contributed by atoms with Gasteiger partial charge in [0.15, 0.2) is 0 Å². The molecule has 0 heterocycles. The maximum Gasteiger partial charge on any atom is 0.0474 e. The van der Waals surface area contributed by atoms with E-state index in [1.807, 2.05) is 0 Å². The Morgan fingerprint density at radius 3 is 1.93 bits per heavy atom. The number of fused-ring (bicyclic) bond motifs is 1. The van der Waals surface area contributed by atoms with E-state index in [-0.39, 0.29) is 0 Å². The van der Waals surface area contributed by atoms with Crippen LogP contribution in [0.25, 0.3) is 11.1 Å². The standard InChI is InChI=1S/C14H15Cl/c1-10(2)12-3-5-13-7-11(9-15)8-14(13)6-4-12/h3-8,10H,9H2,1-2H3. The molecule has 0 nitrogen and oxygen atoms in total. The lowest BCUT2D eigenvalue weighted by atomic mass is 10.1. The topological polar surface area (TPSA) is 0 Å². The van der Waals surface area contributed by atoms with Crippen LogP contribution in [-0.4, -0.2) is 0 Å². The molecule has 0 fully saturated rings. The first-order valence-corrected chi connectivity index (χ1v) is 5.82. The van der Waals surface area contributed by atoms with Crippen LogP contribution in [-0.2, 0) is 5.88 Å². The largest absolute Gasteiger partial charge is 0.122 e. The lowest BCUT2D eigenvalue weighted by Gasteiger charge is -1.99. The van der Waals surface area contributed by atoms with Crippen molar-refractivity contribution in [3.05, 3.63) is 47.5 Å². The van der Waals surface area contributed by atoms with Crippen LogP contribution in [0.3, 0.4) is 0 Å². The highest BCUT2D eigenvalue weighted by Crippen LogP contribution is 2.27. The summed E-state index contributed by atoms with van der Waals surface area (Å²) in [5.74, 6) is 1.17. The quantitative estimate of drug-likeness (QED) is 0.644. The predicted molar refractivity (Wildman–Crippen MR) is 66.7 cm³/mol. The van der Waals surface area contributed by atoms with Gasteiger partial charge in [0.05, 0.1) is 0 Å². The molecule has 0 unspecified atom stereocenters. The van der Waals surface area contributed by atoms with Gasteiger partial charge in [-0.25, -0.2) is 0 Å². The van der Waals surface area contributed by atoms with Crippen LogP contribution >= 0.6 is 11.6 Å². The average molecular weight is 219 g/mol. The van der Waals surface area contributed by atoms with Crippen molar-refractivity contribution in [1.82, 2.24) is 0 Å². The normalized spacial score (nSPS) is 11.2. The Morgan fingerprint density at radius 1 is 1.00 bits per heavy atom. The summed E-state index contributed by atoms with van der Waals surface area (Å²) in [4.78, 5) is 0. The molecule has 0 aliphatic heterocycles. The van der Waals surface area contributed by atoms with E-state index in [9.17, 15) is 0 Å². The van der Waals surface area contributed by atoms with Crippen molar-refractivity contribution in [2.24, 2.45) is 0 Å². The molecule has 0 spiro atoms. The highest BCUT2D eigenvalue weighted by atomic mass is 35.5. The molecule has 0 bridgehead atoms. The van der Waals surface area contributed by atoms with Gasteiger partial charge in [0.2, 0.25) is 0 Å². The van der Waals surface area contributed by atoms with Gasteiger partial charge in [-0.05, 0) is 40.3 Å². The van der Waals surface area contributed by atoms with E-state index in [0.29, 0.717) is 11.8 Å². The van der Waals surface area contributed by atoms with Crippen molar-refractivity contribution in [3.63, 3.8) is 0 Å². The third kappa shape index (κ3) is 2.15. The summed E-state index contributed by atoms with van der Waals surface area (Å²) in [6.07, 6.45) is 0. The third-order valence-electron chi connectivity index (χ3n) is 2.75. The van der Waals surface area contributed by atoms with Crippen molar-refractivity contribution < 1.29 is 0 Å². The minimum absolute atomic E-state index is 0.578. The summed E-state index contributed by atoms with van der Waals surface area (Å²) in [5, 5.41) is 0. The Kier molecular flexibility index (Phi) is 2.97. The first kappa shape index (κ1) is 10.5. The highest BCUT2D eigenvalue weighted by molar-refractivity contribution is 6.17. The molecular weight excluding hydrogens is 204 g/mol. The fourth-order valence-corrected chi connectivity index (χ4v) is 1.94. The van der Waals surface area contributed by atoms with Gasteiger partial charge in [-0.1, -0.05) is 38.1 Å². The Hall–Kier alpha value is -1.01. The molecular formula is C14H15Cl. The molecule has 0 amide bonds. The maximum absolute atomic E-state index is 5.81. The molecule has 2 rings (SSSR count). The zero-order chi connectivity index (χ0) is 10.8. The number of hydrogen-bond acceptors (Lipinski definition) is 0. The van der Waals surface area contributed by atoms with Crippen LogP contribution in [0.2, 0.25) is 0 Å². The van der Waals surface area contributed by atoms with Crippen molar-refractivity contribution >= 4 is 11.6 Å². The van der Waals surface area contributed by atoms with Gasteiger partial charge in [0, 0.05) is 5.88 Å². The lowest BCUT2D eigenvalue weighted by molar-refractivity contribution is 0.868. The molecule has 0 saturated heterocycles. The van der Waals surface area contributed by atoms with E-state index in [1.54, 1.807) is 0 Å². The van der Waals surface area contributed by atoms with Crippen LogP contribution in [0.1, 0.15) is 30.9 Å². The van der Waals surface area contributed by atoms with E-state index in [4.69, 9.17) is 11.6 Å². The zero-order valence-electron chi connectivity index (χ0n) is 9.13.